The third-order valence-electron chi connectivity index (χ3n) is 2.93. The number of fused-ring (bicyclic) bond motifs is 1. The first-order valence-corrected chi connectivity index (χ1v) is 5.96. The number of nitrogens with two attached hydrogens (primary N) is 1. The normalized spacial score (nSPS) is 10.9. The van der Waals surface area contributed by atoms with Crippen LogP contribution >= 0.6 is 0 Å². The van der Waals surface area contributed by atoms with E-state index in [1.165, 1.54) is 0 Å². The molecule has 0 radical (unpaired) electrons. The average Bonchev–Trinajstić information content (AvgIpc) is 2.80. The second kappa shape index (κ2) is 4.58. The van der Waals surface area contributed by atoms with Crippen LogP contribution in [-0.4, -0.2) is 20.9 Å². The van der Waals surface area contributed by atoms with Gasteiger partial charge in [0.05, 0.1) is 17.4 Å². The van der Waals surface area contributed by atoms with Gasteiger partial charge in [-0.15, -0.1) is 0 Å². The molecule has 0 aliphatic heterocycles. The molecule has 0 saturated heterocycles. The fraction of sp³-hybridized carbons (Fsp3) is 0.143. The quantitative estimate of drug-likeness (QED) is 0.758. The van der Waals surface area contributed by atoms with E-state index in [9.17, 15) is 0 Å². The zero-order valence-corrected chi connectivity index (χ0v) is 9.95. The van der Waals surface area contributed by atoms with Crippen LogP contribution < -0.4 is 5.73 Å². The summed E-state index contributed by atoms with van der Waals surface area (Å²) in [6.07, 6.45) is 6.30. The molecule has 0 spiro atoms. The Morgan fingerprint density at radius 3 is 2.78 bits per heavy atom. The molecule has 0 amide bonds. The lowest BCUT2D eigenvalue weighted by Crippen LogP contribution is -2.06. The monoisotopic (exact) mass is 238 g/mol. The van der Waals surface area contributed by atoms with Gasteiger partial charge in [0.1, 0.15) is 5.82 Å². The second-order valence-electron chi connectivity index (χ2n) is 4.11. The van der Waals surface area contributed by atoms with Gasteiger partial charge in [-0.2, -0.15) is 0 Å². The van der Waals surface area contributed by atoms with Crippen molar-refractivity contribution in [3.8, 4) is 11.3 Å². The summed E-state index contributed by atoms with van der Waals surface area (Å²) in [7, 11) is 0. The van der Waals surface area contributed by atoms with Crippen LogP contribution in [0.5, 0.6) is 0 Å². The SMILES string of the molecule is NCCc1nc(-c2ccccc2)c2cnccn12. The topological polar surface area (TPSA) is 56.2 Å². The maximum Gasteiger partial charge on any atom is 0.115 e. The van der Waals surface area contributed by atoms with E-state index in [4.69, 9.17) is 10.7 Å². The lowest BCUT2D eigenvalue weighted by molar-refractivity contribution is 0.861. The van der Waals surface area contributed by atoms with Crippen molar-refractivity contribution in [1.29, 1.82) is 0 Å². The van der Waals surface area contributed by atoms with Crippen molar-refractivity contribution in [3.63, 3.8) is 0 Å². The van der Waals surface area contributed by atoms with Crippen LogP contribution in [0, 0.1) is 0 Å². The Bertz CT molecular complexity index is 658. The van der Waals surface area contributed by atoms with Gasteiger partial charge in [0, 0.05) is 24.4 Å². The molecule has 18 heavy (non-hydrogen) atoms. The molecule has 4 nitrogen and oxygen atoms in total. The van der Waals surface area contributed by atoms with Gasteiger partial charge in [-0.25, -0.2) is 4.98 Å². The fourth-order valence-corrected chi connectivity index (χ4v) is 2.12. The maximum atomic E-state index is 5.63. The van der Waals surface area contributed by atoms with Gasteiger partial charge < -0.3 is 10.1 Å². The van der Waals surface area contributed by atoms with E-state index >= 15 is 0 Å². The molecule has 2 aromatic heterocycles. The van der Waals surface area contributed by atoms with Crippen molar-refractivity contribution in [2.24, 2.45) is 5.73 Å². The van der Waals surface area contributed by atoms with Crippen LogP contribution in [0.3, 0.4) is 0 Å². The third kappa shape index (κ3) is 1.76. The summed E-state index contributed by atoms with van der Waals surface area (Å²) in [6.45, 7) is 0.593. The first-order valence-electron chi connectivity index (χ1n) is 5.96. The Labute approximate surface area is 105 Å². The number of imidazole rings is 1. The molecule has 1 aromatic carbocycles. The Morgan fingerprint density at radius 1 is 1.17 bits per heavy atom. The van der Waals surface area contributed by atoms with Gasteiger partial charge in [-0.3, -0.25) is 4.98 Å². The van der Waals surface area contributed by atoms with E-state index < -0.39 is 0 Å². The Balaban J connectivity index is 2.24. The average molecular weight is 238 g/mol. The predicted octanol–water partition coefficient (Wildman–Crippen LogP) is 1.90. The summed E-state index contributed by atoms with van der Waals surface area (Å²) in [6, 6.07) is 10.1. The van der Waals surface area contributed by atoms with Crippen molar-refractivity contribution < 1.29 is 0 Å². The van der Waals surface area contributed by atoms with Gasteiger partial charge >= 0.3 is 0 Å². The summed E-state index contributed by atoms with van der Waals surface area (Å²) in [5.74, 6) is 0.980. The van der Waals surface area contributed by atoms with Crippen LogP contribution in [0.15, 0.2) is 48.9 Å². The first kappa shape index (κ1) is 10.9. The largest absolute Gasteiger partial charge is 0.330 e. The highest BCUT2D eigenvalue weighted by molar-refractivity contribution is 5.77. The summed E-state index contributed by atoms with van der Waals surface area (Å²) in [5.41, 5.74) is 8.72. The van der Waals surface area contributed by atoms with Crippen LogP contribution in [0.2, 0.25) is 0 Å². The second-order valence-corrected chi connectivity index (χ2v) is 4.11. The Hall–Kier alpha value is -2.20. The molecular weight excluding hydrogens is 224 g/mol. The summed E-state index contributed by atoms with van der Waals surface area (Å²) >= 11 is 0. The van der Waals surface area contributed by atoms with Crippen molar-refractivity contribution in [3.05, 3.63) is 54.7 Å². The lowest BCUT2D eigenvalue weighted by atomic mass is 10.1. The van der Waals surface area contributed by atoms with E-state index in [1.54, 1.807) is 6.20 Å². The number of hydrogen-bond donors (Lipinski definition) is 1. The van der Waals surface area contributed by atoms with Crippen LogP contribution in [0.4, 0.5) is 0 Å². The standard InChI is InChI=1S/C14H14N4/c15-7-6-13-17-14(11-4-2-1-3-5-11)12-10-16-8-9-18(12)13/h1-5,8-10H,6-7,15H2. The maximum absolute atomic E-state index is 5.63. The molecule has 2 heterocycles. The van der Waals surface area contributed by atoms with Crippen LogP contribution in [-0.2, 0) is 6.42 Å². The summed E-state index contributed by atoms with van der Waals surface area (Å²) < 4.78 is 2.06. The molecule has 0 fully saturated rings. The molecule has 0 unspecified atom stereocenters. The van der Waals surface area contributed by atoms with Gasteiger partial charge in [0.25, 0.3) is 0 Å². The van der Waals surface area contributed by atoms with Crippen molar-refractivity contribution >= 4 is 5.52 Å². The molecule has 0 atom stereocenters. The minimum atomic E-state index is 0.593. The smallest absolute Gasteiger partial charge is 0.115 e. The van der Waals surface area contributed by atoms with Crippen molar-refractivity contribution in [1.82, 2.24) is 14.4 Å². The van der Waals surface area contributed by atoms with Gasteiger partial charge in [-0.05, 0) is 6.54 Å². The minimum absolute atomic E-state index is 0.593. The number of nitrogens with zero attached hydrogens (tertiary/aromatic N) is 3. The Morgan fingerprint density at radius 2 is 2.00 bits per heavy atom. The third-order valence-corrected chi connectivity index (χ3v) is 2.93. The Kier molecular flexibility index (Phi) is 2.78. The van der Waals surface area contributed by atoms with E-state index in [2.05, 4.69) is 21.5 Å². The highest BCUT2D eigenvalue weighted by Crippen LogP contribution is 2.24. The molecule has 90 valence electrons. The lowest BCUT2D eigenvalue weighted by Gasteiger charge is -1.98. The highest BCUT2D eigenvalue weighted by atomic mass is 15.0. The zero-order valence-electron chi connectivity index (χ0n) is 9.95. The summed E-state index contributed by atoms with van der Waals surface area (Å²) in [5, 5.41) is 0. The predicted molar refractivity (Wildman–Crippen MR) is 71.2 cm³/mol. The van der Waals surface area contributed by atoms with E-state index in [0.29, 0.717) is 6.54 Å². The molecule has 4 heteroatoms. The van der Waals surface area contributed by atoms with Crippen LogP contribution in [0.1, 0.15) is 5.82 Å². The fourth-order valence-electron chi connectivity index (χ4n) is 2.12. The van der Waals surface area contributed by atoms with E-state index in [-0.39, 0.29) is 0 Å². The number of hydrogen-bond acceptors (Lipinski definition) is 3. The van der Waals surface area contributed by atoms with E-state index in [1.807, 2.05) is 30.6 Å². The molecular formula is C14H14N4. The van der Waals surface area contributed by atoms with Gasteiger partial charge in [-0.1, -0.05) is 30.3 Å². The van der Waals surface area contributed by atoms with Crippen LogP contribution in [0.25, 0.3) is 16.8 Å². The molecule has 0 aliphatic rings. The minimum Gasteiger partial charge on any atom is -0.330 e. The van der Waals surface area contributed by atoms with E-state index in [0.717, 1.165) is 29.0 Å². The molecule has 0 bridgehead atoms. The first-order chi connectivity index (χ1) is 8.90. The van der Waals surface area contributed by atoms with Gasteiger partial charge in [0.15, 0.2) is 0 Å². The number of benzene rings is 1. The van der Waals surface area contributed by atoms with Gasteiger partial charge in [0.2, 0.25) is 0 Å². The molecule has 3 rings (SSSR count). The number of aromatic nitrogens is 3. The zero-order chi connectivity index (χ0) is 12.4. The molecule has 0 saturated carbocycles. The van der Waals surface area contributed by atoms with Crippen molar-refractivity contribution in [2.45, 2.75) is 6.42 Å². The number of rotatable bonds is 3. The molecule has 3 aromatic rings. The molecule has 0 aliphatic carbocycles. The summed E-state index contributed by atoms with van der Waals surface area (Å²) in [4.78, 5) is 8.87. The van der Waals surface area contributed by atoms with Crippen molar-refractivity contribution in [2.75, 3.05) is 6.54 Å². The highest BCUT2D eigenvalue weighted by Gasteiger charge is 2.11. The molecule has 2 N–H and O–H groups in total.